The van der Waals surface area contributed by atoms with E-state index in [1.165, 1.54) is 4.90 Å². The third kappa shape index (κ3) is 2.90. The number of hydrogen-bond donors (Lipinski definition) is 2. The minimum atomic E-state index is -1.08. The van der Waals surface area contributed by atoms with Crippen molar-refractivity contribution in [3.63, 3.8) is 0 Å². The maximum atomic E-state index is 12.4. The number of nitrogens with one attached hydrogen (secondary N) is 1. The highest BCUT2D eigenvalue weighted by Gasteiger charge is 2.48. The summed E-state index contributed by atoms with van der Waals surface area (Å²) in [6.07, 6.45) is 1.63. The molecule has 2 N–H and O–H groups in total. The first-order chi connectivity index (χ1) is 9.90. The van der Waals surface area contributed by atoms with Crippen LogP contribution in [0.1, 0.15) is 31.7 Å². The predicted octanol–water partition coefficient (Wildman–Crippen LogP) is 3.62. The van der Waals surface area contributed by atoms with Crippen LogP contribution in [-0.2, 0) is 4.79 Å². The van der Waals surface area contributed by atoms with Crippen LogP contribution in [-0.4, -0.2) is 34.1 Å². The van der Waals surface area contributed by atoms with Crippen LogP contribution in [0, 0.1) is 6.92 Å². The maximum Gasteiger partial charge on any atom is 0.329 e. The number of nitrogens with zero attached hydrogens (tertiary/aromatic N) is 1. The third-order valence-electron chi connectivity index (χ3n) is 4.14. The van der Waals surface area contributed by atoms with E-state index in [0.717, 1.165) is 10.0 Å². The molecule has 0 radical (unpaired) electrons. The summed E-state index contributed by atoms with van der Waals surface area (Å²) >= 11 is 3.42. The lowest BCUT2D eigenvalue weighted by Gasteiger charge is -2.33. The summed E-state index contributed by atoms with van der Waals surface area (Å²) in [5, 5.41) is 12.3. The van der Waals surface area contributed by atoms with Gasteiger partial charge in [0, 0.05) is 16.7 Å². The second kappa shape index (κ2) is 6.05. The standard InChI is InChI=1S/C15H19BrN2O3/c1-3-15(13(19)20)7-4-8-18(15)14(21)17-11-6-5-10(2)12(16)9-11/h5-6,9H,3-4,7-8H2,1-2H3,(H,17,21)(H,19,20). The number of aliphatic carboxylic acids is 1. The lowest BCUT2D eigenvalue weighted by molar-refractivity contribution is -0.148. The molecule has 114 valence electrons. The van der Waals surface area contributed by atoms with E-state index >= 15 is 0 Å². The molecule has 0 spiro atoms. The van der Waals surface area contributed by atoms with Crippen LogP contribution >= 0.6 is 15.9 Å². The summed E-state index contributed by atoms with van der Waals surface area (Å²) in [7, 11) is 0. The molecule has 0 saturated carbocycles. The summed E-state index contributed by atoms with van der Waals surface area (Å²) in [5.74, 6) is -0.928. The zero-order valence-electron chi connectivity index (χ0n) is 12.1. The molecule has 1 unspecified atom stereocenters. The van der Waals surface area contributed by atoms with Crippen molar-refractivity contribution < 1.29 is 14.7 Å². The molecule has 2 amide bonds. The normalized spacial score (nSPS) is 21.4. The number of amides is 2. The molecule has 1 aliphatic heterocycles. The summed E-state index contributed by atoms with van der Waals surface area (Å²) in [6, 6.07) is 5.17. The Kier molecular flexibility index (Phi) is 4.56. The largest absolute Gasteiger partial charge is 0.479 e. The van der Waals surface area contributed by atoms with E-state index in [9.17, 15) is 14.7 Å². The fourth-order valence-corrected chi connectivity index (χ4v) is 3.16. The second-order valence-corrected chi connectivity index (χ2v) is 6.19. The number of carbonyl (C=O) groups is 2. The van der Waals surface area contributed by atoms with Gasteiger partial charge in [0.15, 0.2) is 0 Å². The van der Waals surface area contributed by atoms with E-state index in [-0.39, 0.29) is 6.03 Å². The highest BCUT2D eigenvalue weighted by atomic mass is 79.9. The van der Waals surface area contributed by atoms with Gasteiger partial charge in [-0.2, -0.15) is 0 Å². The van der Waals surface area contributed by atoms with E-state index in [2.05, 4.69) is 21.2 Å². The number of benzene rings is 1. The number of hydrogen-bond acceptors (Lipinski definition) is 2. The number of halogens is 1. The molecule has 1 aromatic carbocycles. The Balaban J connectivity index is 2.19. The van der Waals surface area contributed by atoms with Gasteiger partial charge in [0.25, 0.3) is 0 Å². The summed E-state index contributed by atoms with van der Waals surface area (Å²) in [6.45, 7) is 4.24. The molecule has 1 fully saturated rings. The van der Waals surface area contributed by atoms with E-state index in [1.807, 2.05) is 32.0 Å². The SMILES string of the molecule is CCC1(C(=O)O)CCCN1C(=O)Nc1ccc(C)c(Br)c1. The van der Waals surface area contributed by atoms with Crippen LogP contribution in [0.3, 0.4) is 0 Å². The minimum Gasteiger partial charge on any atom is -0.479 e. The molecule has 0 bridgehead atoms. The summed E-state index contributed by atoms with van der Waals surface area (Å²) < 4.78 is 0.904. The van der Waals surface area contributed by atoms with Crippen molar-refractivity contribution >= 4 is 33.6 Å². The zero-order valence-corrected chi connectivity index (χ0v) is 13.7. The number of rotatable bonds is 3. The third-order valence-corrected chi connectivity index (χ3v) is 4.99. The molecule has 6 heteroatoms. The number of carboxylic acids is 1. The Morgan fingerprint density at radius 3 is 2.76 bits per heavy atom. The van der Waals surface area contributed by atoms with Gasteiger partial charge in [-0.1, -0.05) is 28.9 Å². The molecule has 1 atom stereocenters. The van der Waals surface area contributed by atoms with Crippen LogP contribution in [0.15, 0.2) is 22.7 Å². The lowest BCUT2D eigenvalue weighted by Crippen LogP contribution is -2.54. The molecule has 1 aliphatic rings. The van der Waals surface area contributed by atoms with Crippen molar-refractivity contribution in [2.24, 2.45) is 0 Å². The van der Waals surface area contributed by atoms with Crippen LogP contribution in [0.5, 0.6) is 0 Å². The second-order valence-electron chi connectivity index (χ2n) is 5.34. The van der Waals surface area contributed by atoms with Gasteiger partial charge in [-0.05, 0) is 43.9 Å². The van der Waals surface area contributed by atoms with Crippen molar-refractivity contribution in [1.82, 2.24) is 4.90 Å². The average molecular weight is 355 g/mol. The monoisotopic (exact) mass is 354 g/mol. The number of carboxylic acid groups (broad SMARTS) is 1. The van der Waals surface area contributed by atoms with Gasteiger partial charge in [0.1, 0.15) is 5.54 Å². The fourth-order valence-electron chi connectivity index (χ4n) is 2.78. The van der Waals surface area contributed by atoms with E-state index in [1.54, 1.807) is 0 Å². The Labute approximate surface area is 132 Å². The van der Waals surface area contributed by atoms with Crippen LogP contribution in [0.4, 0.5) is 10.5 Å². The molecular weight excluding hydrogens is 336 g/mol. The first kappa shape index (κ1) is 15.8. The van der Waals surface area contributed by atoms with Gasteiger partial charge in [-0.3, -0.25) is 0 Å². The molecule has 2 rings (SSSR count). The van der Waals surface area contributed by atoms with Gasteiger partial charge < -0.3 is 15.3 Å². The quantitative estimate of drug-likeness (QED) is 0.870. The molecule has 1 heterocycles. The number of anilines is 1. The number of urea groups is 1. The van der Waals surface area contributed by atoms with E-state index < -0.39 is 11.5 Å². The average Bonchev–Trinajstić information content (AvgIpc) is 2.88. The highest BCUT2D eigenvalue weighted by molar-refractivity contribution is 9.10. The molecule has 5 nitrogen and oxygen atoms in total. The highest BCUT2D eigenvalue weighted by Crippen LogP contribution is 2.33. The molecule has 1 saturated heterocycles. The van der Waals surface area contributed by atoms with Gasteiger partial charge in [0.2, 0.25) is 0 Å². The van der Waals surface area contributed by atoms with Crippen LogP contribution in [0.2, 0.25) is 0 Å². The first-order valence-corrected chi connectivity index (χ1v) is 7.78. The van der Waals surface area contributed by atoms with Gasteiger partial charge in [-0.15, -0.1) is 0 Å². The molecule has 0 aromatic heterocycles. The Bertz CT molecular complexity index is 576. The molecule has 1 aromatic rings. The predicted molar refractivity (Wildman–Crippen MR) is 84.5 cm³/mol. The molecule has 21 heavy (non-hydrogen) atoms. The topological polar surface area (TPSA) is 69.6 Å². The number of carbonyl (C=O) groups excluding carboxylic acids is 1. The Morgan fingerprint density at radius 1 is 1.48 bits per heavy atom. The van der Waals surface area contributed by atoms with Crippen LogP contribution < -0.4 is 5.32 Å². The molecule has 0 aliphatic carbocycles. The van der Waals surface area contributed by atoms with Crippen molar-refractivity contribution in [1.29, 1.82) is 0 Å². The fraction of sp³-hybridized carbons (Fsp3) is 0.467. The smallest absolute Gasteiger partial charge is 0.329 e. The summed E-state index contributed by atoms with van der Waals surface area (Å²) in [4.78, 5) is 25.5. The Morgan fingerprint density at radius 2 is 2.19 bits per heavy atom. The van der Waals surface area contributed by atoms with E-state index in [4.69, 9.17) is 0 Å². The van der Waals surface area contributed by atoms with Crippen molar-refractivity contribution in [2.75, 3.05) is 11.9 Å². The van der Waals surface area contributed by atoms with E-state index in [0.29, 0.717) is 31.5 Å². The van der Waals surface area contributed by atoms with Crippen LogP contribution in [0.25, 0.3) is 0 Å². The van der Waals surface area contributed by atoms with Gasteiger partial charge >= 0.3 is 12.0 Å². The number of aryl methyl sites for hydroxylation is 1. The lowest BCUT2D eigenvalue weighted by atomic mass is 9.93. The zero-order chi connectivity index (χ0) is 15.6. The Hall–Kier alpha value is -1.56. The first-order valence-electron chi connectivity index (χ1n) is 6.99. The van der Waals surface area contributed by atoms with Gasteiger partial charge in [0.05, 0.1) is 0 Å². The molecular formula is C15H19BrN2O3. The minimum absolute atomic E-state index is 0.354. The van der Waals surface area contributed by atoms with Crippen molar-refractivity contribution in [3.05, 3.63) is 28.2 Å². The van der Waals surface area contributed by atoms with Crippen molar-refractivity contribution in [3.8, 4) is 0 Å². The van der Waals surface area contributed by atoms with Crippen molar-refractivity contribution in [2.45, 2.75) is 38.6 Å². The maximum absolute atomic E-state index is 12.4. The number of likely N-dealkylation sites (tertiary alicyclic amines) is 1. The summed E-state index contributed by atoms with van der Waals surface area (Å²) in [5.41, 5.74) is 0.647. The van der Waals surface area contributed by atoms with Gasteiger partial charge in [-0.25, -0.2) is 9.59 Å².